The summed E-state index contributed by atoms with van der Waals surface area (Å²) in [7, 11) is -1.75. The quantitative estimate of drug-likeness (QED) is 0.513. The van der Waals surface area contributed by atoms with Gasteiger partial charge in [0.2, 0.25) is 0 Å². The van der Waals surface area contributed by atoms with Crippen LogP contribution in [0.3, 0.4) is 0 Å². The van der Waals surface area contributed by atoms with E-state index in [-0.39, 0.29) is 0 Å². The minimum absolute atomic E-state index is 0.707. The summed E-state index contributed by atoms with van der Waals surface area (Å²) in [6, 6.07) is 12.4. The first-order valence-corrected chi connectivity index (χ1v) is 11.0. The lowest BCUT2D eigenvalue weighted by Gasteiger charge is -2.36. The molecule has 1 aromatic carbocycles. The fraction of sp³-hybridized carbons (Fsp3) is 0.684. The van der Waals surface area contributed by atoms with E-state index >= 15 is 0 Å². The molecule has 0 spiro atoms. The normalized spacial score (nSPS) is 12.5. The van der Waals surface area contributed by atoms with E-state index in [0.717, 1.165) is 5.75 Å². The molecule has 0 atom stereocenters. The Labute approximate surface area is 133 Å². The zero-order valence-electron chi connectivity index (χ0n) is 15.1. The molecule has 0 aromatic heterocycles. The van der Waals surface area contributed by atoms with Gasteiger partial charge in [-0.15, -0.1) is 0 Å². The first-order valence-electron chi connectivity index (χ1n) is 8.48. The molecule has 0 unspecified atom stereocenters. The number of benzene rings is 1. The van der Waals surface area contributed by atoms with Crippen LogP contribution in [0.4, 0.5) is 0 Å². The van der Waals surface area contributed by atoms with Crippen molar-refractivity contribution >= 4 is 8.32 Å². The highest BCUT2D eigenvalue weighted by Gasteiger charge is 2.39. The highest BCUT2D eigenvalue weighted by Crippen LogP contribution is 2.34. The predicted octanol–water partition coefficient (Wildman–Crippen LogP) is 6.29. The summed E-state index contributed by atoms with van der Waals surface area (Å²) in [5.74, 6) is 3.21. The highest BCUT2D eigenvalue weighted by atomic mass is 28.4. The minimum atomic E-state index is -1.75. The third-order valence-corrected chi connectivity index (χ3v) is 9.01. The summed E-state index contributed by atoms with van der Waals surface area (Å²) in [6.07, 6.45) is 0. The standard InChI is InChI=1S/C19H34OSi/c1-15(2)12-21(13-16(3)4,14-17(5)6)20-19-10-8-9-18(7)11-19/h8-11,15-17H,12-14H2,1-7H3. The third-order valence-electron chi connectivity index (χ3n) is 3.66. The molecule has 0 fully saturated rings. The van der Waals surface area contributed by atoms with Crippen molar-refractivity contribution in [3.63, 3.8) is 0 Å². The van der Waals surface area contributed by atoms with E-state index in [2.05, 4.69) is 72.7 Å². The fourth-order valence-electron chi connectivity index (χ4n) is 3.54. The Hall–Kier alpha value is -0.763. The van der Waals surface area contributed by atoms with Crippen LogP contribution in [0, 0.1) is 24.7 Å². The van der Waals surface area contributed by atoms with Crippen LogP contribution < -0.4 is 4.43 Å². The second kappa shape index (κ2) is 8.02. The number of hydrogen-bond donors (Lipinski definition) is 0. The number of aryl methyl sites for hydroxylation is 1. The Balaban J connectivity index is 3.06. The minimum Gasteiger partial charge on any atom is -0.543 e. The maximum absolute atomic E-state index is 6.75. The number of rotatable bonds is 8. The van der Waals surface area contributed by atoms with E-state index in [1.165, 1.54) is 23.7 Å². The second-order valence-electron chi connectivity index (χ2n) is 7.90. The topological polar surface area (TPSA) is 9.23 Å². The molecule has 2 heteroatoms. The molecule has 0 radical (unpaired) electrons. The Morgan fingerprint density at radius 3 is 1.71 bits per heavy atom. The molecule has 1 rings (SSSR count). The average Bonchev–Trinajstić information content (AvgIpc) is 2.24. The summed E-state index contributed by atoms with van der Waals surface area (Å²) in [5, 5.41) is 0. The van der Waals surface area contributed by atoms with Gasteiger partial charge in [0.15, 0.2) is 0 Å². The Kier molecular flexibility index (Phi) is 6.99. The molecule has 0 aliphatic rings. The number of hydrogen-bond acceptors (Lipinski definition) is 1. The third kappa shape index (κ3) is 6.69. The predicted molar refractivity (Wildman–Crippen MR) is 96.5 cm³/mol. The zero-order chi connectivity index (χ0) is 16.0. The monoisotopic (exact) mass is 306 g/mol. The van der Waals surface area contributed by atoms with Gasteiger partial charge in [-0.25, -0.2) is 0 Å². The second-order valence-corrected chi connectivity index (χ2v) is 11.7. The maximum Gasteiger partial charge on any atom is 0.252 e. The van der Waals surface area contributed by atoms with Gasteiger partial charge >= 0.3 is 0 Å². The van der Waals surface area contributed by atoms with Crippen LogP contribution >= 0.6 is 0 Å². The van der Waals surface area contributed by atoms with Crippen LogP contribution in [0.5, 0.6) is 5.75 Å². The molecule has 0 saturated carbocycles. The molecule has 0 N–H and O–H groups in total. The van der Waals surface area contributed by atoms with Crippen LogP contribution in [0.1, 0.15) is 47.1 Å². The summed E-state index contributed by atoms with van der Waals surface area (Å²) in [4.78, 5) is 0. The van der Waals surface area contributed by atoms with Crippen molar-refractivity contribution in [2.45, 2.75) is 66.6 Å². The van der Waals surface area contributed by atoms with Crippen LogP contribution in [0.2, 0.25) is 18.1 Å². The van der Waals surface area contributed by atoms with Crippen molar-refractivity contribution in [1.82, 2.24) is 0 Å². The lowest BCUT2D eigenvalue weighted by molar-refractivity contribution is 0.474. The summed E-state index contributed by atoms with van der Waals surface area (Å²) < 4.78 is 6.75. The molecule has 120 valence electrons. The van der Waals surface area contributed by atoms with Gasteiger partial charge < -0.3 is 4.43 Å². The molecule has 0 aliphatic heterocycles. The van der Waals surface area contributed by atoms with E-state index in [4.69, 9.17) is 4.43 Å². The summed E-state index contributed by atoms with van der Waals surface area (Å²) in [5.41, 5.74) is 1.29. The molecule has 0 bridgehead atoms. The van der Waals surface area contributed by atoms with Crippen molar-refractivity contribution in [1.29, 1.82) is 0 Å². The van der Waals surface area contributed by atoms with Gasteiger partial charge in [0.25, 0.3) is 8.32 Å². The van der Waals surface area contributed by atoms with Crippen molar-refractivity contribution in [2.75, 3.05) is 0 Å². The van der Waals surface area contributed by atoms with Gasteiger partial charge in [0.05, 0.1) is 0 Å². The Bertz CT molecular complexity index is 397. The van der Waals surface area contributed by atoms with E-state index < -0.39 is 8.32 Å². The Morgan fingerprint density at radius 2 is 1.33 bits per heavy atom. The molecule has 0 saturated heterocycles. The zero-order valence-corrected chi connectivity index (χ0v) is 16.1. The van der Waals surface area contributed by atoms with Crippen molar-refractivity contribution in [2.24, 2.45) is 17.8 Å². The smallest absolute Gasteiger partial charge is 0.252 e. The van der Waals surface area contributed by atoms with E-state index in [0.29, 0.717) is 17.8 Å². The lowest BCUT2D eigenvalue weighted by Crippen LogP contribution is -2.45. The molecule has 0 aliphatic carbocycles. The largest absolute Gasteiger partial charge is 0.543 e. The van der Waals surface area contributed by atoms with Gasteiger partial charge in [-0.1, -0.05) is 53.7 Å². The maximum atomic E-state index is 6.75. The van der Waals surface area contributed by atoms with Crippen molar-refractivity contribution < 1.29 is 4.43 Å². The summed E-state index contributed by atoms with van der Waals surface area (Å²) >= 11 is 0. The SMILES string of the molecule is Cc1cccc(O[Si](CC(C)C)(CC(C)C)CC(C)C)c1. The van der Waals surface area contributed by atoms with E-state index in [1.807, 2.05) is 0 Å². The van der Waals surface area contributed by atoms with Crippen LogP contribution in [0.25, 0.3) is 0 Å². The lowest BCUT2D eigenvalue weighted by atomic mass is 10.2. The first kappa shape index (κ1) is 18.3. The van der Waals surface area contributed by atoms with Gasteiger partial charge in [-0.3, -0.25) is 0 Å². The molecule has 0 amide bonds. The van der Waals surface area contributed by atoms with Crippen LogP contribution in [-0.4, -0.2) is 8.32 Å². The average molecular weight is 307 g/mol. The van der Waals surface area contributed by atoms with Gasteiger partial charge in [-0.2, -0.15) is 0 Å². The molecule has 1 nitrogen and oxygen atoms in total. The first-order chi connectivity index (χ1) is 9.72. The molecule has 21 heavy (non-hydrogen) atoms. The van der Waals surface area contributed by atoms with Crippen molar-refractivity contribution in [3.8, 4) is 5.75 Å². The van der Waals surface area contributed by atoms with Gasteiger partial charge in [0, 0.05) is 0 Å². The fourth-order valence-corrected chi connectivity index (χ4v) is 9.38. The molecule has 0 heterocycles. The molecular weight excluding hydrogens is 272 g/mol. The van der Waals surface area contributed by atoms with Gasteiger partial charge in [0.1, 0.15) is 5.75 Å². The van der Waals surface area contributed by atoms with Crippen LogP contribution in [0.15, 0.2) is 24.3 Å². The van der Waals surface area contributed by atoms with Crippen LogP contribution in [-0.2, 0) is 0 Å². The van der Waals surface area contributed by atoms with Crippen molar-refractivity contribution in [3.05, 3.63) is 29.8 Å². The Morgan fingerprint density at radius 1 is 0.857 bits per heavy atom. The molecule has 1 aromatic rings. The van der Waals surface area contributed by atoms with E-state index in [9.17, 15) is 0 Å². The van der Waals surface area contributed by atoms with E-state index in [1.54, 1.807) is 0 Å². The molecular formula is C19H34OSi. The van der Waals surface area contributed by atoms with Gasteiger partial charge in [-0.05, 0) is 60.5 Å². The highest BCUT2D eigenvalue weighted by molar-refractivity contribution is 6.74. The summed E-state index contributed by atoms with van der Waals surface area (Å²) in [6.45, 7) is 16.2.